The van der Waals surface area contributed by atoms with Crippen molar-refractivity contribution in [3.8, 4) is 0 Å². The number of amides is 1. The Morgan fingerprint density at radius 3 is 2.23 bits per heavy atom. The van der Waals surface area contributed by atoms with Crippen molar-refractivity contribution in [2.45, 2.75) is 17.1 Å². The van der Waals surface area contributed by atoms with Gasteiger partial charge in [-0.1, -0.05) is 60.7 Å². The second kappa shape index (κ2) is 10.4. The van der Waals surface area contributed by atoms with Gasteiger partial charge in [0, 0.05) is 16.1 Å². The SMILES string of the molecule is CC(=O)c1cccc(NC(=O)COC(=O)[C@H](Sc2ccccc2)c2ccccc2)c1. The number of hydrogen-bond donors (Lipinski definition) is 1. The Hall–Kier alpha value is -3.38. The molecule has 6 heteroatoms. The molecule has 3 rings (SSSR count). The van der Waals surface area contributed by atoms with E-state index in [1.165, 1.54) is 18.7 Å². The second-order valence-electron chi connectivity index (χ2n) is 6.51. The third kappa shape index (κ3) is 6.06. The molecule has 0 saturated heterocycles. The van der Waals surface area contributed by atoms with E-state index in [0.717, 1.165) is 10.5 Å². The van der Waals surface area contributed by atoms with E-state index in [4.69, 9.17) is 4.74 Å². The number of rotatable bonds is 8. The number of hydrogen-bond acceptors (Lipinski definition) is 5. The molecule has 0 bridgehead atoms. The van der Waals surface area contributed by atoms with E-state index in [-0.39, 0.29) is 5.78 Å². The molecular formula is C24H21NO4S. The molecule has 0 aliphatic carbocycles. The molecule has 1 atom stereocenters. The summed E-state index contributed by atoms with van der Waals surface area (Å²) in [4.78, 5) is 37.4. The number of ether oxygens (including phenoxy) is 1. The van der Waals surface area contributed by atoms with Crippen LogP contribution in [0.2, 0.25) is 0 Å². The van der Waals surface area contributed by atoms with Crippen LogP contribution >= 0.6 is 11.8 Å². The van der Waals surface area contributed by atoms with Gasteiger partial charge in [-0.3, -0.25) is 14.4 Å². The number of anilines is 1. The van der Waals surface area contributed by atoms with Crippen molar-refractivity contribution in [2.24, 2.45) is 0 Å². The number of carbonyl (C=O) groups is 3. The number of ketones is 1. The van der Waals surface area contributed by atoms with E-state index < -0.39 is 23.7 Å². The molecule has 0 heterocycles. The number of carbonyl (C=O) groups excluding carboxylic acids is 3. The van der Waals surface area contributed by atoms with Gasteiger partial charge in [-0.25, -0.2) is 0 Å². The summed E-state index contributed by atoms with van der Waals surface area (Å²) in [7, 11) is 0. The topological polar surface area (TPSA) is 72.5 Å². The van der Waals surface area contributed by atoms with Crippen LogP contribution in [0.4, 0.5) is 5.69 Å². The van der Waals surface area contributed by atoms with E-state index in [0.29, 0.717) is 11.3 Å². The maximum atomic E-state index is 12.8. The summed E-state index contributed by atoms with van der Waals surface area (Å²) in [5.74, 6) is -1.07. The van der Waals surface area contributed by atoms with Gasteiger partial charge < -0.3 is 10.1 Å². The molecule has 0 aromatic heterocycles. The van der Waals surface area contributed by atoms with Crippen LogP contribution in [0.25, 0.3) is 0 Å². The van der Waals surface area contributed by atoms with Crippen molar-refractivity contribution >= 4 is 35.1 Å². The van der Waals surface area contributed by atoms with E-state index in [2.05, 4.69) is 5.32 Å². The lowest BCUT2D eigenvalue weighted by Gasteiger charge is -2.16. The zero-order chi connectivity index (χ0) is 21.3. The minimum atomic E-state index is -0.595. The fraction of sp³-hybridized carbons (Fsp3) is 0.125. The van der Waals surface area contributed by atoms with Crippen LogP contribution in [0.5, 0.6) is 0 Å². The van der Waals surface area contributed by atoms with Crippen molar-refractivity contribution in [3.63, 3.8) is 0 Å². The molecule has 0 fully saturated rings. The molecule has 3 aromatic rings. The van der Waals surface area contributed by atoms with Gasteiger partial charge in [0.2, 0.25) is 0 Å². The molecule has 0 spiro atoms. The van der Waals surface area contributed by atoms with Gasteiger partial charge in [0.25, 0.3) is 5.91 Å². The summed E-state index contributed by atoms with van der Waals surface area (Å²) in [6.45, 7) is 1.04. The molecule has 0 saturated carbocycles. The molecule has 152 valence electrons. The Morgan fingerprint density at radius 2 is 1.57 bits per heavy atom. The predicted molar refractivity (Wildman–Crippen MR) is 118 cm³/mol. The molecule has 0 aliphatic rings. The number of thioether (sulfide) groups is 1. The van der Waals surface area contributed by atoms with Crippen LogP contribution in [0.15, 0.2) is 89.8 Å². The minimum absolute atomic E-state index is 0.0961. The molecule has 30 heavy (non-hydrogen) atoms. The molecule has 0 unspecified atom stereocenters. The molecule has 3 aromatic carbocycles. The first-order chi connectivity index (χ1) is 14.5. The highest BCUT2D eigenvalue weighted by Crippen LogP contribution is 2.36. The van der Waals surface area contributed by atoms with Gasteiger partial charge in [-0.15, -0.1) is 11.8 Å². The third-order valence-corrected chi connectivity index (χ3v) is 5.46. The molecular weight excluding hydrogens is 398 g/mol. The summed E-state index contributed by atoms with van der Waals surface area (Å²) in [6.07, 6.45) is 0. The molecule has 0 radical (unpaired) electrons. The number of Topliss-reactive ketones (excluding diaryl/α,β-unsaturated/α-hetero) is 1. The monoisotopic (exact) mass is 419 g/mol. The van der Waals surface area contributed by atoms with Crippen LogP contribution in [-0.2, 0) is 14.3 Å². The summed E-state index contributed by atoms with van der Waals surface area (Å²) < 4.78 is 5.30. The molecule has 5 nitrogen and oxygen atoms in total. The Kier molecular flexibility index (Phi) is 7.40. The zero-order valence-electron chi connectivity index (χ0n) is 16.4. The summed E-state index contributed by atoms with van der Waals surface area (Å²) >= 11 is 1.37. The Balaban J connectivity index is 1.64. The van der Waals surface area contributed by atoms with Crippen molar-refractivity contribution in [2.75, 3.05) is 11.9 Å². The number of esters is 1. The van der Waals surface area contributed by atoms with Crippen LogP contribution in [-0.4, -0.2) is 24.3 Å². The zero-order valence-corrected chi connectivity index (χ0v) is 17.2. The highest BCUT2D eigenvalue weighted by atomic mass is 32.2. The highest BCUT2D eigenvalue weighted by molar-refractivity contribution is 8.00. The maximum Gasteiger partial charge on any atom is 0.324 e. The molecule has 1 N–H and O–H groups in total. The number of benzene rings is 3. The maximum absolute atomic E-state index is 12.8. The van der Waals surface area contributed by atoms with Crippen LogP contribution in [0, 0.1) is 0 Å². The first-order valence-electron chi connectivity index (χ1n) is 9.37. The standard InChI is InChI=1S/C24H21NO4S/c1-17(26)19-11-8-12-20(15-19)25-22(27)16-29-24(28)23(18-9-4-2-5-10-18)30-21-13-6-3-7-14-21/h2-15,23H,16H2,1H3,(H,25,27)/t23-/m1/s1. The second-order valence-corrected chi connectivity index (χ2v) is 7.69. The molecule has 1 amide bonds. The minimum Gasteiger partial charge on any atom is -0.454 e. The average molecular weight is 420 g/mol. The lowest BCUT2D eigenvalue weighted by molar-refractivity contribution is -0.146. The summed E-state index contributed by atoms with van der Waals surface area (Å²) in [5.41, 5.74) is 1.76. The number of nitrogens with one attached hydrogen (secondary N) is 1. The van der Waals surface area contributed by atoms with Gasteiger partial charge in [-0.05, 0) is 36.8 Å². The quantitative estimate of drug-likeness (QED) is 0.319. The summed E-state index contributed by atoms with van der Waals surface area (Å²) in [5, 5.41) is 2.05. The van der Waals surface area contributed by atoms with Crippen LogP contribution < -0.4 is 5.32 Å². The first-order valence-corrected chi connectivity index (χ1v) is 10.2. The average Bonchev–Trinajstić information content (AvgIpc) is 2.77. The lowest BCUT2D eigenvalue weighted by Crippen LogP contribution is -2.23. The van der Waals surface area contributed by atoms with Gasteiger partial charge in [0.1, 0.15) is 5.25 Å². The van der Waals surface area contributed by atoms with Crippen molar-refractivity contribution in [1.29, 1.82) is 0 Å². The van der Waals surface area contributed by atoms with Crippen LogP contribution in [0.1, 0.15) is 28.1 Å². The Bertz CT molecular complexity index is 1020. The highest BCUT2D eigenvalue weighted by Gasteiger charge is 2.24. The Morgan fingerprint density at radius 1 is 0.900 bits per heavy atom. The van der Waals surface area contributed by atoms with Crippen molar-refractivity contribution in [1.82, 2.24) is 0 Å². The lowest BCUT2D eigenvalue weighted by atomic mass is 10.1. The van der Waals surface area contributed by atoms with Gasteiger partial charge in [-0.2, -0.15) is 0 Å². The normalized spacial score (nSPS) is 11.4. The van der Waals surface area contributed by atoms with E-state index in [1.54, 1.807) is 24.3 Å². The van der Waals surface area contributed by atoms with Gasteiger partial charge >= 0.3 is 5.97 Å². The van der Waals surface area contributed by atoms with Gasteiger partial charge in [0.05, 0.1) is 0 Å². The largest absolute Gasteiger partial charge is 0.454 e. The van der Waals surface area contributed by atoms with E-state index >= 15 is 0 Å². The fourth-order valence-electron chi connectivity index (χ4n) is 2.74. The fourth-order valence-corrected chi connectivity index (χ4v) is 3.78. The Labute approximate surface area is 179 Å². The van der Waals surface area contributed by atoms with Gasteiger partial charge in [0.15, 0.2) is 12.4 Å². The predicted octanol–water partition coefficient (Wildman–Crippen LogP) is 4.90. The summed E-state index contributed by atoms with van der Waals surface area (Å²) in [6, 6.07) is 25.5. The first kappa shape index (κ1) is 21.3. The van der Waals surface area contributed by atoms with Crippen molar-refractivity contribution < 1.29 is 19.1 Å². The van der Waals surface area contributed by atoms with Crippen LogP contribution in [0.3, 0.4) is 0 Å². The molecule has 0 aliphatic heterocycles. The third-order valence-electron chi connectivity index (χ3n) is 4.21. The van der Waals surface area contributed by atoms with E-state index in [1.807, 2.05) is 60.7 Å². The smallest absolute Gasteiger partial charge is 0.324 e. The van der Waals surface area contributed by atoms with Crippen molar-refractivity contribution in [3.05, 3.63) is 96.1 Å². The van der Waals surface area contributed by atoms with E-state index in [9.17, 15) is 14.4 Å².